The molecule has 150 valence electrons. The summed E-state index contributed by atoms with van der Waals surface area (Å²) < 4.78 is 32.1. The summed E-state index contributed by atoms with van der Waals surface area (Å²) in [6.07, 6.45) is 2.52. The van der Waals surface area contributed by atoms with Gasteiger partial charge in [0.1, 0.15) is 0 Å². The lowest BCUT2D eigenvalue weighted by molar-refractivity contribution is -0.138. The predicted octanol–water partition coefficient (Wildman–Crippen LogP) is 0.0824. The SMILES string of the molecule is CN(C)S(=O)(=O)N1CCC(C(=O)N2CCN(C(=O)c3ccco3)CC2)CC1. The third-order valence-corrected chi connectivity index (χ3v) is 7.14. The van der Waals surface area contributed by atoms with Crippen molar-refractivity contribution in [3.8, 4) is 0 Å². The molecule has 0 saturated carbocycles. The number of carbonyl (C=O) groups excluding carboxylic acids is 2. The largest absolute Gasteiger partial charge is 0.459 e. The Labute approximate surface area is 159 Å². The summed E-state index contributed by atoms with van der Waals surface area (Å²) in [5.74, 6) is 0.0477. The van der Waals surface area contributed by atoms with Gasteiger partial charge < -0.3 is 14.2 Å². The molecule has 1 aromatic rings. The van der Waals surface area contributed by atoms with Gasteiger partial charge in [-0.25, -0.2) is 0 Å². The third kappa shape index (κ3) is 4.17. The molecule has 2 saturated heterocycles. The molecular weight excluding hydrogens is 372 g/mol. The molecule has 1 aromatic heterocycles. The summed E-state index contributed by atoms with van der Waals surface area (Å²) in [6.45, 7) is 2.63. The number of carbonyl (C=O) groups is 2. The molecule has 0 N–H and O–H groups in total. The molecule has 2 aliphatic rings. The van der Waals surface area contributed by atoms with Crippen LogP contribution in [0.25, 0.3) is 0 Å². The Balaban J connectivity index is 1.50. The van der Waals surface area contributed by atoms with Gasteiger partial charge in [-0.2, -0.15) is 17.0 Å². The quantitative estimate of drug-likeness (QED) is 0.716. The molecule has 0 radical (unpaired) electrons. The lowest BCUT2D eigenvalue weighted by atomic mass is 9.96. The molecule has 0 aliphatic carbocycles. The van der Waals surface area contributed by atoms with Crippen LogP contribution in [0.1, 0.15) is 23.4 Å². The van der Waals surface area contributed by atoms with Crippen molar-refractivity contribution in [2.75, 3.05) is 53.4 Å². The van der Waals surface area contributed by atoms with Gasteiger partial charge in [-0.3, -0.25) is 9.59 Å². The molecule has 0 unspecified atom stereocenters. The van der Waals surface area contributed by atoms with Crippen LogP contribution in [0.3, 0.4) is 0 Å². The number of rotatable bonds is 4. The first-order chi connectivity index (χ1) is 12.8. The molecule has 3 heterocycles. The highest BCUT2D eigenvalue weighted by Crippen LogP contribution is 2.23. The molecule has 2 amide bonds. The first-order valence-electron chi connectivity index (χ1n) is 9.10. The van der Waals surface area contributed by atoms with Gasteiger partial charge in [-0.05, 0) is 25.0 Å². The van der Waals surface area contributed by atoms with E-state index in [4.69, 9.17) is 4.42 Å². The van der Waals surface area contributed by atoms with E-state index in [1.807, 2.05) is 0 Å². The van der Waals surface area contributed by atoms with Crippen LogP contribution in [0.15, 0.2) is 22.8 Å². The number of piperidine rings is 1. The van der Waals surface area contributed by atoms with Crippen molar-refractivity contribution in [2.24, 2.45) is 5.92 Å². The Kier molecular flexibility index (Phi) is 5.87. The fourth-order valence-corrected chi connectivity index (χ4v) is 4.64. The minimum Gasteiger partial charge on any atom is -0.459 e. The van der Waals surface area contributed by atoms with Gasteiger partial charge in [0.25, 0.3) is 16.1 Å². The minimum atomic E-state index is -3.42. The molecule has 9 nitrogen and oxygen atoms in total. The average molecular weight is 398 g/mol. The second-order valence-electron chi connectivity index (χ2n) is 7.06. The smallest absolute Gasteiger partial charge is 0.289 e. The van der Waals surface area contributed by atoms with Crippen molar-refractivity contribution in [1.82, 2.24) is 18.4 Å². The predicted molar refractivity (Wildman–Crippen MR) is 98.1 cm³/mol. The van der Waals surface area contributed by atoms with E-state index >= 15 is 0 Å². The highest BCUT2D eigenvalue weighted by atomic mass is 32.2. The van der Waals surface area contributed by atoms with Crippen LogP contribution in [0.5, 0.6) is 0 Å². The molecule has 10 heteroatoms. The van der Waals surface area contributed by atoms with E-state index in [9.17, 15) is 18.0 Å². The van der Waals surface area contributed by atoms with E-state index < -0.39 is 10.2 Å². The van der Waals surface area contributed by atoms with Crippen molar-refractivity contribution < 1.29 is 22.4 Å². The fraction of sp³-hybridized carbons (Fsp3) is 0.647. The molecule has 2 fully saturated rings. The van der Waals surface area contributed by atoms with E-state index in [0.717, 1.165) is 0 Å². The molecular formula is C17H26N4O5S. The normalized spacial score (nSPS) is 20.3. The van der Waals surface area contributed by atoms with Gasteiger partial charge >= 0.3 is 0 Å². The van der Waals surface area contributed by atoms with E-state index in [-0.39, 0.29) is 17.7 Å². The molecule has 0 bridgehead atoms. The fourth-order valence-electron chi connectivity index (χ4n) is 3.51. The maximum atomic E-state index is 12.8. The number of hydrogen-bond acceptors (Lipinski definition) is 5. The number of nitrogens with zero attached hydrogens (tertiary/aromatic N) is 4. The molecule has 27 heavy (non-hydrogen) atoms. The standard InChI is InChI=1S/C17H26N4O5S/c1-18(2)27(24,25)21-7-5-14(6-8-21)16(22)19-9-11-20(12-10-19)17(23)15-4-3-13-26-15/h3-4,13-14H,5-12H2,1-2H3. The first kappa shape index (κ1) is 19.8. The molecule has 3 rings (SSSR count). The number of hydrogen-bond donors (Lipinski definition) is 0. The van der Waals surface area contributed by atoms with Gasteiger partial charge in [0.2, 0.25) is 5.91 Å². The summed E-state index contributed by atoms with van der Waals surface area (Å²) in [4.78, 5) is 28.5. The second kappa shape index (κ2) is 7.99. The highest BCUT2D eigenvalue weighted by Gasteiger charge is 2.35. The summed E-state index contributed by atoms with van der Waals surface area (Å²) in [7, 11) is -0.404. The van der Waals surface area contributed by atoms with Crippen LogP contribution in [0.2, 0.25) is 0 Å². The van der Waals surface area contributed by atoms with Gasteiger partial charge in [-0.15, -0.1) is 0 Å². The second-order valence-corrected chi connectivity index (χ2v) is 9.20. The maximum Gasteiger partial charge on any atom is 0.289 e. The summed E-state index contributed by atoms with van der Waals surface area (Å²) >= 11 is 0. The minimum absolute atomic E-state index is 0.0574. The zero-order valence-corrected chi connectivity index (χ0v) is 16.5. The summed E-state index contributed by atoms with van der Waals surface area (Å²) in [5, 5.41) is 0. The van der Waals surface area contributed by atoms with Crippen LogP contribution in [0.4, 0.5) is 0 Å². The zero-order chi connectivity index (χ0) is 19.6. The Hall–Kier alpha value is -1.91. The third-order valence-electron chi connectivity index (χ3n) is 5.20. The molecule has 0 spiro atoms. The van der Waals surface area contributed by atoms with Crippen LogP contribution in [-0.4, -0.2) is 92.0 Å². The van der Waals surface area contributed by atoms with Gasteiger partial charge in [0.05, 0.1) is 6.26 Å². The van der Waals surface area contributed by atoms with Crippen LogP contribution in [-0.2, 0) is 15.0 Å². The Morgan fingerprint density at radius 1 is 1.04 bits per heavy atom. The lowest BCUT2D eigenvalue weighted by Gasteiger charge is -2.38. The molecule has 0 atom stereocenters. The Bertz CT molecular complexity index is 761. The van der Waals surface area contributed by atoms with Crippen LogP contribution in [0, 0.1) is 5.92 Å². The lowest BCUT2D eigenvalue weighted by Crippen LogP contribution is -2.53. The van der Waals surface area contributed by atoms with Crippen molar-refractivity contribution in [2.45, 2.75) is 12.8 Å². The van der Waals surface area contributed by atoms with Crippen molar-refractivity contribution in [3.63, 3.8) is 0 Å². The molecule has 0 aromatic carbocycles. The summed E-state index contributed by atoms with van der Waals surface area (Å²) in [5.41, 5.74) is 0. The number of piperazine rings is 1. The van der Waals surface area contributed by atoms with Crippen LogP contribution >= 0.6 is 0 Å². The van der Waals surface area contributed by atoms with Crippen molar-refractivity contribution in [1.29, 1.82) is 0 Å². The van der Waals surface area contributed by atoms with Gasteiger partial charge in [-0.1, -0.05) is 0 Å². The maximum absolute atomic E-state index is 12.8. The topological polar surface area (TPSA) is 94.4 Å². The Morgan fingerprint density at radius 3 is 2.15 bits per heavy atom. The van der Waals surface area contributed by atoms with Gasteiger partial charge in [0, 0.05) is 59.3 Å². The Morgan fingerprint density at radius 2 is 1.63 bits per heavy atom. The summed E-state index contributed by atoms with van der Waals surface area (Å²) in [6, 6.07) is 3.31. The zero-order valence-electron chi connectivity index (χ0n) is 15.7. The highest BCUT2D eigenvalue weighted by molar-refractivity contribution is 7.86. The average Bonchev–Trinajstić information content (AvgIpc) is 3.22. The van der Waals surface area contributed by atoms with E-state index in [1.165, 1.54) is 29.0 Å². The number of furan rings is 1. The first-order valence-corrected chi connectivity index (χ1v) is 10.5. The van der Waals surface area contributed by atoms with Crippen molar-refractivity contribution in [3.05, 3.63) is 24.2 Å². The van der Waals surface area contributed by atoms with E-state index in [0.29, 0.717) is 57.9 Å². The van der Waals surface area contributed by atoms with E-state index in [1.54, 1.807) is 21.9 Å². The monoisotopic (exact) mass is 398 g/mol. The van der Waals surface area contributed by atoms with E-state index in [2.05, 4.69) is 0 Å². The van der Waals surface area contributed by atoms with Crippen molar-refractivity contribution >= 4 is 22.0 Å². The molecule has 2 aliphatic heterocycles. The van der Waals surface area contributed by atoms with Crippen LogP contribution < -0.4 is 0 Å². The van der Waals surface area contributed by atoms with Gasteiger partial charge in [0.15, 0.2) is 5.76 Å². The number of amides is 2.